The molecule has 2 rings (SSSR count). The Hall–Kier alpha value is -1.32. The highest BCUT2D eigenvalue weighted by atomic mass is 79.9. The SMILES string of the molecule is CC(=O)SCC1CC(=O)N(c2cc(Br)cc(C#N)c2)C1. The molecule has 0 N–H and O–H groups in total. The number of carbonyl (C=O) groups excluding carboxylic acids is 2. The number of amides is 1. The van der Waals surface area contributed by atoms with E-state index in [1.165, 1.54) is 18.7 Å². The van der Waals surface area contributed by atoms with Gasteiger partial charge in [0.1, 0.15) is 0 Å². The Morgan fingerprint density at radius 2 is 2.30 bits per heavy atom. The number of thioether (sulfide) groups is 1. The highest BCUT2D eigenvalue weighted by Crippen LogP contribution is 2.30. The maximum absolute atomic E-state index is 12.1. The van der Waals surface area contributed by atoms with E-state index in [1.54, 1.807) is 17.0 Å². The zero-order valence-electron chi connectivity index (χ0n) is 10.9. The van der Waals surface area contributed by atoms with Gasteiger partial charge in [0, 0.05) is 35.8 Å². The number of nitrogens with zero attached hydrogens (tertiary/aromatic N) is 2. The van der Waals surface area contributed by atoms with Crippen molar-refractivity contribution in [1.82, 2.24) is 0 Å². The van der Waals surface area contributed by atoms with Gasteiger partial charge in [-0.2, -0.15) is 5.26 Å². The number of hydrogen-bond acceptors (Lipinski definition) is 4. The van der Waals surface area contributed by atoms with Crippen LogP contribution in [0.5, 0.6) is 0 Å². The van der Waals surface area contributed by atoms with Gasteiger partial charge in [0.2, 0.25) is 5.91 Å². The molecule has 0 spiro atoms. The van der Waals surface area contributed by atoms with E-state index in [1.807, 2.05) is 6.07 Å². The summed E-state index contributed by atoms with van der Waals surface area (Å²) in [5, 5.41) is 9.05. The van der Waals surface area contributed by atoms with Crippen LogP contribution in [-0.2, 0) is 9.59 Å². The summed E-state index contributed by atoms with van der Waals surface area (Å²) < 4.78 is 0.779. The fourth-order valence-corrected chi connectivity index (χ4v) is 3.35. The highest BCUT2D eigenvalue weighted by molar-refractivity contribution is 9.10. The summed E-state index contributed by atoms with van der Waals surface area (Å²) in [6.45, 7) is 2.13. The molecule has 6 heteroatoms. The Morgan fingerprint density at radius 1 is 1.55 bits per heavy atom. The molecule has 0 aliphatic carbocycles. The summed E-state index contributed by atoms with van der Waals surface area (Å²) in [5.74, 6) is 0.888. The van der Waals surface area contributed by atoms with Gasteiger partial charge in [-0.05, 0) is 24.1 Å². The van der Waals surface area contributed by atoms with Gasteiger partial charge in [-0.3, -0.25) is 9.59 Å². The summed E-state index contributed by atoms with van der Waals surface area (Å²) >= 11 is 4.61. The van der Waals surface area contributed by atoms with Gasteiger partial charge >= 0.3 is 0 Å². The van der Waals surface area contributed by atoms with Crippen LogP contribution in [0.25, 0.3) is 0 Å². The summed E-state index contributed by atoms with van der Waals surface area (Å²) in [6, 6.07) is 7.34. The van der Waals surface area contributed by atoms with Crippen molar-refractivity contribution in [2.24, 2.45) is 5.92 Å². The molecule has 1 aliphatic rings. The van der Waals surface area contributed by atoms with Gasteiger partial charge in [-0.25, -0.2) is 0 Å². The normalized spacial score (nSPS) is 18.1. The number of halogens is 1. The van der Waals surface area contributed by atoms with Crippen LogP contribution in [0.1, 0.15) is 18.9 Å². The molecule has 1 unspecified atom stereocenters. The topological polar surface area (TPSA) is 61.2 Å². The monoisotopic (exact) mass is 352 g/mol. The van der Waals surface area contributed by atoms with Gasteiger partial charge in [-0.1, -0.05) is 27.7 Å². The lowest BCUT2D eigenvalue weighted by Crippen LogP contribution is -2.24. The maximum Gasteiger partial charge on any atom is 0.227 e. The number of hydrogen-bond donors (Lipinski definition) is 0. The molecule has 1 aliphatic heterocycles. The molecule has 0 radical (unpaired) electrons. The average molecular weight is 353 g/mol. The van der Waals surface area contributed by atoms with E-state index in [9.17, 15) is 9.59 Å². The predicted molar refractivity (Wildman–Crippen MR) is 82.5 cm³/mol. The predicted octanol–water partition coefficient (Wildman–Crippen LogP) is 2.95. The fraction of sp³-hybridized carbons (Fsp3) is 0.357. The Labute approximate surface area is 130 Å². The van der Waals surface area contributed by atoms with E-state index >= 15 is 0 Å². The van der Waals surface area contributed by atoms with Crippen molar-refractivity contribution >= 4 is 44.4 Å². The Kier molecular flexibility index (Phi) is 4.84. The third-order valence-corrected chi connectivity index (χ3v) is 4.55. The Balaban J connectivity index is 2.14. The summed E-state index contributed by atoms with van der Waals surface area (Å²) in [5.41, 5.74) is 1.25. The van der Waals surface area contributed by atoms with Crippen LogP contribution in [0.15, 0.2) is 22.7 Å². The summed E-state index contributed by atoms with van der Waals surface area (Å²) in [4.78, 5) is 24.7. The van der Waals surface area contributed by atoms with Crippen molar-refractivity contribution in [2.45, 2.75) is 13.3 Å². The smallest absolute Gasteiger partial charge is 0.227 e. The van der Waals surface area contributed by atoms with Gasteiger partial charge in [-0.15, -0.1) is 0 Å². The number of carbonyl (C=O) groups is 2. The summed E-state index contributed by atoms with van der Waals surface area (Å²) in [6.07, 6.45) is 0.453. The van der Waals surface area contributed by atoms with Crippen molar-refractivity contribution < 1.29 is 9.59 Å². The molecule has 1 atom stereocenters. The highest BCUT2D eigenvalue weighted by Gasteiger charge is 2.31. The van der Waals surface area contributed by atoms with Crippen LogP contribution in [-0.4, -0.2) is 23.3 Å². The standard InChI is InChI=1S/C14H13BrN2O2S/c1-9(18)20-8-11-4-14(19)17(7-11)13-3-10(6-16)2-12(15)5-13/h2-3,5,11H,4,7-8H2,1H3. The van der Waals surface area contributed by atoms with E-state index in [-0.39, 0.29) is 16.9 Å². The first-order valence-corrected chi connectivity index (χ1v) is 7.92. The molecule has 1 aromatic carbocycles. The van der Waals surface area contributed by atoms with Crippen LogP contribution in [0.4, 0.5) is 5.69 Å². The van der Waals surface area contributed by atoms with Crippen molar-refractivity contribution in [1.29, 1.82) is 5.26 Å². The molecule has 0 bridgehead atoms. The van der Waals surface area contributed by atoms with Crippen LogP contribution in [0, 0.1) is 17.2 Å². The third-order valence-electron chi connectivity index (χ3n) is 3.05. The van der Waals surface area contributed by atoms with Crippen molar-refractivity contribution in [3.63, 3.8) is 0 Å². The molecule has 1 saturated heterocycles. The Bertz CT molecular complexity index is 597. The van der Waals surface area contributed by atoms with Crippen LogP contribution in [0.3, 0.4) is 0 Å². The van der Waals surface area contributed by atoms with Gasteiger partial charge in [0.05, 0.1) is 11.6 Å². The molecule has 4 nitrogen and oxygen atoms in total. The maximum atomic E-state index is 12.1. The fourth-order valence-electron chi connectivity index (χ4n) is 2.17. The van der Waals surface area contributed by atoms with Crippen molar-refractivity contribution in [2.75, 3.05) is 17.2 Å². The Morgan fingerprint density at radius 3 is 2.95 bits per heavy atom. The average Bonchev–Trinajstić information content (AvgIpc) is 2.77. The molecule has 0 aromatic heterocycles. The first-order chi connectivity index (χ1) is 9.49. The van der Waals surface area contributed by atoms with E-state index in [4.69, 9.17) is 5.26 Å². The summed E-state index contributed by atoms with van der Waals surface area (Å²) in [7, 11) is 0. The quantitative estimate of drug-likeness (QED) is 0.838. The number of anilines is 1. The van der Waals surface area contributed by atoms with Crippen molar-refractivity contribution in [3.8, 4) is 6.07 Å². The molecule has 1 amide bonds. The lowest BCUT2D eigenvalue weighted by atomic mass is 10.1. The van der Waals surface area contributed by atoms with E-state index in [2.05, 4.69) is 22.0 Å². The molecular weight excluding hydrogens is 340 g/mol. The zero-order valence-corrected chi connectivity index (χ0v) is 13.3. The second-order valence-corrected chi connectivity index (χ2v) is 6.80. The van der Waals surface area contributed by atoms with Crippen LogP contribution < -0.4 is 4.90 Å². The molecule has 1 aromatic rings. The second-order valence-electron chi connectivity index (χ2n) is 4.69. The molecule has 1 fully saturated rings. The van der Waals surface area contributed by atoms with Crippen LogP contribution >= 0.6 is 27.7 Å². The minimum Gasteiger partial charge on any atom is -0.312 e. The molecule has 104 valence electrons. The molecular formula is C14H13BrN2O2S. The first kappa shape index (κ1) is 15.1. The lowest BCUT2D eigenvalue weighted by Gasteiger charge is -2.17. The minimum absolute atomic E-state index is 0.0427. The van der Waals surface area contributed by atoms with Gasteiger partial charge in [0.25, 0.3) is 0 Å². The minimum atomic E-state index is 0.0427. The number of rotatable bonds is 3. The number of benzene rings is 1. The lowest BCUT2D eigenvalue weighted by molar-refractivity contribution is -0.117. The largest absolute Gasteiger partial charge is 0.312 e. The molecule has 1 heterocycles. The first-order valence-electron chi connectivity index (χ1n) is 6.14. The zero-order chi connectivity index (χ0) is 14.7. The van der Waals surface area contributed by atoms with Crippen LogP contribution in [0.2, 0.25) is 0 Å². The molecule has 20 heavy (non-hydrogen) atoms. The van der Waals surface area contributed by atoms with Gasteiger partial charge in [0.15, 0.2) is 5.12 Å². The van der Waals surface area contributed by atoms with Crippen molar-refractivity contribution in [3.05, 3.63) is 28.2 Å². The second kappa shape index (κ2) is 6.42. The van der Waals surface area contributed by atoms with E-state index in [0.29, 0.717) is 24.3 Å². The third kappa shape index (κ3) is 3.62. The van der Waals surface area contributed by atoms with Gasteiger partial charge < -0.3 is 4.90 Å². The molecule has 0 saturated carbocycles. The van der Waals surface area contributed by atoms with E-state index in [0.717, 1.165) is 10.2 Å². The number of nitriles is 1. The van der Waals surface area contributed by atoms with E-state index < -0.39 is 0 Å².